The van der Waals surface area contributed by atoms with Crippen molar-refractivity contribution < 1.29 is 23.8 Å². The second-order valence-electron chi connectivity index (χ2n) is 13.0. The molecule has 0 atom stereocenters. The topological polar surface area (TPSA) is 61.8 Å². The molecule has 5 nitrogen and oxygen atoms in total. The van der Waals surface area contributed by atoms with Crippen LogP contribution in [0.15, 0.2) is 61.2 Å². The zero-order valence-electron chi connectivity index (χ0n) is 25.7. The maximum atomic E-state index is 13.5. The van der Waals surface area contributed by atoms with Gasteiger partial charge in [-0.1, -0.05) is 56.7 Å². The van der Waals surface area contributed by atoms with Crippen LogP contribution in [0.4, 0.5) is 0 Å². The Balaban J connectivity index is 1.47. The van der Waals surface area contributed by atoms with Crippen molar-refractivity contribution in [1.29, 1.82) is 0 Å². The molecule has 7 rings (SSSR count). The van der Waals surface area contributed by atoms with E-state index in [0.717, 1.165) is 95.1 Å². The van der Waals surface area contributed by atoms with E-state index in [2.05, 4.69) is 37.8 Å². The number of esters is 2. The lowest BCUT2D eigenvalue weighted by atomic mass is 9.47. The molecule has 4 saturated carbocycles. The van der Waals surface area contributed by atoms with E-state index in [9.17, 15) is 9.59 Å². The van der Waals surface area contributed by atoms with Gasteiger partial charge in [-0.25, -0.2) is 9.59 Å². The van der Waals surface area contributed by atoms with E-state index < -0.39 is 0 Å². The first-order valence-electron chi connectivity index (χ1n) is 16.2. The summed E-state index contributed by atoms with van der Waals surface area (Å²) in [4.78, 5) is 25.9. The summed E-state index contributed by atoms with van der Waals surface area (Å²) in [5, 5.41) is 2.03. The van der Waals surface area contributed by atoms with Crippen molar-refractivity contribution in [2.24, 2.45) is 17.8 Å². The molecule has 4 aliphatic carbocycles. The first kappa shape index (κ1) is 29.5. The Hall–Kier alpha value is -3.60. The molecular weight excluding hydrogens is 536 g/mol. The summed E-state index contributed by atoms with van der Waals surface area (Å²) in [5.74, 6) is 2.52. The molecule has 0 saturated heterocycles. The Labute approximate surface area is 255 Å². The molecule has 0 radical (unpaired) electrons. The van der Waals surface area contributed by atoms with Gasteiger partial charge in [0.2, 0.25) is 0 Å². The van der Waals surface area contributed by atoms with Crippen molar-refractivity contribution in [2.45, 2.75) is 77.0 Å². The highest BCUT2D eigenvalue weighted by Gasteiger charge is 2.52. The first-order chi connectivity index (χ1) is 20.9. The molecule has 3 aromatic rings. The maximum absolute atomic E-state index is 13.5. The summed E-state index contributed by atoms with van der Waals surface area (Å²) in [6.07, 6.45) is 12.3. The third-order valence-corrected chi connectivity index (χ3v) is 9.97. The number of hydrogen-bond donors (Lipinski definition) is 0. The molecule has 3 aromatic carbocycles. The lowest BCUT2D eigenvalue weighted by Gasteiger charge is -2.57. The molecule has 0 spiro atoms. The summed E-state index contributed by atoms with van der Waals surface area (Å²) in [7, 11) is 0. The van der Waals surface area contributed by atoms with Gasteiger partial charge >= 0.3 is 11.9 Å². The van der Waals surface area contributed by atoms with Crippen molar-refractivity contribution >= 4 is 22.7 Å². The van der Waals surface area contributed by atoms with Crippen LogP contribution in [0.1, 0.15) is 97.9 Å². The zero-order chi connectivity index (χ0) is 30.0. The smallest absolute Gasteiger partial charge is 0.338 e. The van der Waals surface area contributed by atoms with Gasteiger partial charge < -0.3 is 14.2 Å². The van der Waals surface area contributed by atoms with Crippen molar-refractivity contribution in [1.82, 2.24) is 0 Å². The standard InChI is InChI=1S/C38H44O5/c1-4-7-8-16-42-35-31(28-9-11-29(12-10-28)36(39)43-15-5-2)14-13-30-20-33(37(40)41-6-3)34(21-32(30)35)38-22-25-17-26(23-38)19-27(18-25)24-38/h5,9-14,20-21,25-27H,2,4,6-8,15-19,22-24H2,1,3H3. The number of carbonyl (C=O) groups is 2. The summed E-state index contributed by atoms with van der Waals surface area (Å²) in [5.41, 5.74) is 4.36. The lowest BCUT2D eigenvalue weighted by Crippen LogP contribution is -2.49. The van der Waals surface area contributed by atoms with E-state index in [1.165, 1.54) is 19.3 Å². The summed E-state index contributed by atoms with van der Waals surface area (Å²) < 4.78 is 17.5. The van der Waals surface area contributed by atoms with Crippen LogP contribution in [-0.4, -0.2) is 31.8 Å². The van der Waals surface area contributed by atoms with Crippen molar-refractivity contribution in [3.05, 3.63) is 77.9 Å². The Morgan fingerprint density at radius 3 is 2.21 bits per heavy atom. The number of hydrogen-bond acceptors (Lipinski definition) is 5. The average Bonchev–Trinajstić information content (AvgIpc) is 3.00. The second kappa shape index (κ2) is 12.6. The molecule has 0 aromatic heterocycles. The molecule has 4 fully saturated rings. The van der Waals surface area contributed by atoms with Gasteiger partial charge in [-0.3, -0.25) is 0 Å². The summed E-state index contributed by atoms with van der Waals surface area (Å²) >= 11 is 0. The Morgan fingerprint density at radius 2 is 1.58 bits per heavy atom. The van der Waals surface area contributed by atoms with Crippen LogP contribution in [0.5, 0.6) is 5.75 Å². The molecule has 5 heteroatoms. The normalized spacial score (nSPS) is 23.7. The van der Waals surface area contributed by atoms with Crippen LogP contribution in [0.2, 0.25) is 0 Å². The number of fused-ring (bicyclic) bond motifs is 1. The highest BCUT2D eigenvalue weighted by Crippen LogP contribution is 2.61. The number of ether oxygens (including phenoxy) is 3. The van der Waals surface area contributed by atoms with Crippen LogP contribution in [0.3, 0.4) is 0 Å². The first-order valence-corrected chi connectivity index (χ1v) is 16.2. The van der Waals surface area contributed by atoms with E-state index in [4.69, 9.17) is 14.2 Å². The fraction of sp³-hybridized carbons (Fsp3) is 0.474. The number of carbonyl (C=O) groups excluding carboxylic acids is 2. The van der Waals surface area contributed by atoms with Gasteiger partial charge in [0.25, 0.3) is 0 Å². The predicted molar refractivity (Wildman–Crippen MR) is 171 cm³/mol. The number of rotatable bonds is 12. The minimum absolute atomic E-state index is 0.0218. The van der Waals surface area contributed by atoms with Gasteiger partial charge in [-0.2, -0.15) is 0 Å². The van der Waals surface area contributed by atoms with E-state index in [-0.39, 0.29) is 24.0 Å². The number of benzene rings is 3. The monoisotopic (exact) mass is 580 g/mol. The third kappa shape index (κ3) is 5.83. The summed E-state index contributed by atoms with van der Waals surface area (Å²) in [6.45, 7) is 8.85. The van der Waals surface area contributed by atoms with E-state index in [0.29, 0.717) is 18.8 Å². The second-order valence-corrected chi connectivity index (χ2v) is 13.0. The quantitative estimate of drug-likeness (QED) is 0.121. The van der Waals surface area contributed by atoms with Gasteiger partial charge in [0.05, 0.1) is 24.3 Å². The average molecular weight is 581 g/mol. The van der Waals surface area contributed by atoms with E-state index in [1.54, 1.807) is 18.2 Å². The Morgan fingerprint density at radius 1 is 0.884 bits per heavy atom. The Kier molecular flexibility index (Phi) is 8.61. The summed E-state index contributed by atoms with van der Waals surface area (Å²) in [6, 6.07) is 16.0. The minimum Gasteiger partial charge on any atom is -0.492 e. The van der Waals surface area contributed by atoms with Crippen LogP contribution in [0.25, 0.3) is 21.9 Å². The van der Waals surface area contributed by atoms with Crippen LogP contribution in [-0.2, 0) is 14.9 Å². The van der Waals surface area contributed by atoms with Crippen molar-refractivity contribution in [3.63, 3.8) is 0 Å². The van der Waals surface area contributed by atoms with Crippen LogP contribution in [0, 0.1) is 17.8 Å². The van der Waals surface area contributed by atoms with Gasteiger partial charge in [-0.05, 0) is 116 Å². The molecule has 4 aliphatic rings. The maximum Gasteiger partial charge on any atom is 0.338 e. The molecule has 4 bridgehead atoms. The number of unbranched alkanes of at least 4 members (excludes halogenated alkanes) is 2. The van der Waals surface area contributed by atoms with Gasteiger partial charge in [0.15, 0.2) is 0 Å². The highest BCUT2D eigenvalue weighted by atomic mass is 16.5. The molecule has 43 heavy (non-hydrogen) atoms. The lowest BCUT2D eigenvalue weighted by molar-refractivity contribution is -0.00599. The van der Waals surface area contributed by atoms with Crippen LogP contribution < -0.4 is 4.74 Å². The third-order valence-electron chi connectivity index (χ3n) is 9.97. The predicted octanol–water partition coefficient (Wildman–Crippen LogP) is 9.06. The molecule has 0 N–H and O–H groups in total. The fourth-order valence-corrected chi connectivity index (χ4v) is 8.51. The zero-order valence-corrected chi connectivity index (χ0v) is 25.7. The van der Waals surface area contributed by atoms with Gasteiger partial charge in [-0.15, -0.1) is 0 Å². The highest BCUT2D eigenvalue weighted by molar-refractivity contribution is 6.02. The van der Waals surface area contributed by atoms with E-state index in [1.807, 2.05) is 19.1 Å². The Bertz CT molecular complexity index is 1470. The van der Waals surface area contributed by atoms with Gasteiger partial charge in [0, 0.05) is 10.9 Å². The largest absolute Gasteiger partial charge is 0.492 e. The molecule has 226 valence electrons. The molecular formula is C38H44O5. The SMILES string of the molecule is C=CCOC(=O)c1ccc(-c2ccc3cc(C(=O)OCC)c(C45CC6CC(CC(C6)C4)C5)cc3c2OCCCCC)cc1. The molecule has 0 unspecified atom stereocenters. The fourth-order valence-electron chi connectivity index (χ4n) is 8.51. The molecule has 0 heterocycles. The van der Waals surface area contributed by atoms with Crippen molar-refractivity contribution in [3.8, 4) is 16.9 Å². The minimum atomic E-state index is -0.368. The molecule has 0 aliphatic heterocycles. The van der Waals surface area contributed by atoms with Gasteiger partial charge in [0.1, 0.15) is 12.4 Å². The van der Waals surface area contributed by atoms with Crippen LogP contribution >= 0.6 is 0 Å². The molecule has 0 amide bonds. The van der Waals surface area contributed by atoms with Crippen molar-refractivity contribution in [2.75, 3.05) is 19.8 Å². The van der Waals surface area contributed by atoms with E-state index >= 15 is 0 Å².